The zero-order valence-electron chi connectivity index (χ0n) is 18.2. The first-order chi connectivity index (χ1) is 15.6. The molecular formula is C26H28ClFN2O2. The number of methoxy groups -OCH3 is 1. The average Bonchev–Trinajstić information content (AvgIpc) is 2.83. The lowest BCUT2D eigenvalue weighted by Crippen LogP contribution is -2.29. The van der Waals surface area contributed by atoms with Crippen LogP contribution in [0, 0.1) is 5.82 Å². The maximum absolute atomic E-state index is 13.1. The monoisotopic (exact) mass is 454 g/mol. The molecular weight excluding hydrogens is 427 g/mol. The average molecular weight is 455 g/mol. The molecule has 1 saturated heterocycles. The molecule has 0 atom stereocenters. The summed E-state index contributed by atoms with van der Waals surface area (Å²) in [7, 11) is 1.62. The van der Waals surface area contributed by atoms with Crippen LogP contribution in [0.15, 0.2) is 60.7 Å². The van der Waals surface area contributed by atoms with Crippen LogP contribution in [0.3, 0.4) is 0 Å². The number of hydrogen-bond donors (Lipinski definition) is 1. The van der Waals surface area contributed by atoms with Crippen molar-refractivity contribution in [3.8, 4) is 11.5 Å². The number of anilines is 2. The molecule has 0 spiro atoms. The highest BCUT2D eigenvalue weighted by Crippen LogP contribution is 2.32. The maximum atomic E-state index is 13.1. The van der Waals surface area contributed by atoms with Crippen LogP contribution in [0.25, 0.3) is 0 Å². The van der Waals surface area contributed by atoms with Crippen molar-refractivity contribution in [2.24, 2.45) is 0 Å². The van der Waals surface area contributed by atoms with Gasteiger partial charge in [0, 0.05) is 25.3 Å². The summed E-state index contributed by atoms with van der Waals surface area (Å²) in [6, 6.07) is 18.3. The summed E-state index contributed by atoms with van der Waals surface area (Å²) in [5.41, 5.74) is 4.05. The number of piperidine rings is 1. The molecule has 1 fully saturated rings. The Kier molecular flexibility index (Phi) is 7.38. The first-order valence-corrected chi connectivity index (χ1v) is 11.3. The van der Waals surface area contributed by atoms with E-state index >= 15 is 0 Å². The van der Waals surface area contributed by atoms with Crippen molar-refractivity contribution >= 4 is 23.0 Å². The number of nitrogens with one attached hydrogen (secondary N) is 1. The highest BCUT2D eigenvalue weighted by atomic mass is 35.5. The van der Waals surface area contributed by atoms with E-state index in [9.17, 15) is 4.39 Å². The highest BCUT2D eigenvalue weighted by molar-refractivity contribution is 6.33. The molecule has 0 unspecified atom stereocenters. The van der Waals surface area contributed by atoms with Crippen molar-refractivity contribution in [3.63, 3.8) is 0 Å². The third-order valence-electron chi connectivity index (χ3n) is 5.68. The van der Waals surface area contributed by atoms with E-state index in [1.165, 1.54) is 31.4 Å². The Bertz CT molecular complexity index is 1040. The molecule has 1 aliphatic heterocycles. The standard InChI is InChI=1S/C26H28ClFN2O2/c1-31-26-15-20(7-12-25(26)32-18-19-5-8-21(28)9-6-19)17-29-22-10-11-24(23(27)16-22)30-13-3-2-4-14-30/h5-12,15-16,29H,2-4,13-14,17-18H2,1H3. The Morgan fingerprint density at radius 2 is 1.66 bits per heavy atom. The molecule has 1 aliphatic rings. The summed E-state index contributed by atoms with van der Waals surface area (Å²) in [6.45, 7) is 3.12. The first-order valence-electron chi connectivity index (χ1n) is 10.9. The Labute approximate surface area is 193 Å². The van der Waals surface area contributed by atoms with Gasteiger partial charge in [0.1, 0.15) is 12.4 Å². The van der Waals surface area contributed by atoms with Crippen LogP contribution in [-0.2, 0) is 13.2 Å². The van der Waals surface area contributed by atoms with E-state index in [1.54, 1.807) is 19.2 Å². The lowest BCUT2D eigenvalue weighted by molar-refractivity contribution is 0.284. The molecule has 0 amide bonds. The van der Waals surface area contributed by atoms with Gasteiger partial charge in [0.15, 0.2) is 11.5 Å². The minimum absolute atomic E-state index is 0.259. The maximum Gasteiger partial charge on any atom is 0.161 e. The van der Waals surface area contributed by atoms with Gasteiger partial charge in [0.25, 0.3) is 0 Å². The molecule has 3 aromatic rings. The van der Waals surface area contributed by atoms with Crippen LogP contribution in [0.4, 0.5) is 15.8 Å². The van der Waals surface area contributed by atoms with Gasteiger partial charge < -0.3 is 19.7 Å². The summed E-state index contributed by atoms with van der Waals surface area (Å²) in [5, 5.41) is 4.21. The van der Waals surface area contributed by atoms with Crippen LogP contribution < -0.4 is 19.7 Å². The molecule has 0 radical (unpaired) electrons. The van der Waals surface area contributed by atoms with E-state index in [2.05, 4.69) is 22.3 Å². The number of ether oxygens (including phenoxy) is 2. The van der Waals surface area contributed by atoms with Crippen molar-refractivity contribution in [1.82, 2.24) is 0 Å². The smallest absolute Gasteiger partial charge is 0.161 e. The Hall–Kier alpha value is -2.92. The molecule has 0 saturated carbocycles. The van der Waals surface area contributed by atoms with E-state index in [4.69, 9.17) is 21.1 Å². The van der Waals surface area contributed by atoms with Crippen LogP contribution in [0.2, 0.25) is 5.02 Å². The third-order valence-corrected chi connectivity index (χ3v) is 5.98. The van der Waals surface area contributed by atoms with Gasteiger partial charge in [-0.25, -0.2) is 4.39 Å². The van der Waals surface area contributed by atoms with Gasteiger partial charge in [0.05, 0.1) is 17.8 Å². The van der Waals surface area contributed by atoms with E-state index in [-0.39, 0.29) is 5.82 Å². The van der Waals surface area contributed by atoms with E-state index in [1.807, 2.05) is 24.3 Å². The summed E-state index contributed by atoms with van der Waals surface area (Å²) in [4.78, 5) is 2.37. The van der Waals surface area contributed by atoms with E-state index in [0.29, 0.717) is 24.7 Å². The predicted octanol–water partition coefficient (Wildman–Crippen LogP) is 6.67. The summed E-state index contributed by atoms with van der Waals surface area (Å²) < 4.78 is 24.4. The molecule has 4 rings (SSSR count). The lowest BCUT2D eigenvalue weighted by atomic mass is 10.1. The Balaban J connectivity index is 1.36. The molecule has 32 heavy (non-hydrogen) atoms. The normalized spacial score (nSPS) is 13.7. The van der Waals surface area contributed by atoms with Gasteiger partial charge >= 0.3 is 0 Å². The molecule has 0 bridgehead atoms. The molecule has 0 aromatic heterocycles. The van der Waals surface area contributed by atoms with Gasteiger partial charge in [-0.1, -0.05) is 29.8 Å². The lowest BCUT2D eigenvalue weighted by Gasteiger charge is -2.29. The topological polar surface area (TPSA) is 33.7 Å². The molecule has 0 aliphatic carbocycles. The Morgan fingerprint density at radius 1 is 0.906 bits per heavy atom. The van der Waals surface area contributed by atoms with Gasteiger partial charge in [-0.3, -0.25) is 0 Å². The zero-order chi connectivity index (χ0) is 22.3. The van der Waals surface area contributed by atoms with Crippen LogP contribution in [0.5, 0.6) is 11.5 Å². The predicted molar refractivity (Wildman–Crippen MR) is 129 cm³/mol. The van der Waals surface area contributed by atoms with Crippen LogP contribution >= 0.6 is 11.6 Å². The molecule has 168 valence electrons. The number of nitrogens with zero attached hydrogens (tertiary/aromatic N) is 1. The molecule has 3 aromatic carbocycles. The van der Waals surface area contributed by atoms with Crippen molar-refractivity contribution in [1.29, 1.82) is 0 Å². The molecule has 4 nitrogen and oxygen atoms in total. The zero-order valence-corrected chi connectivity index (χ0v) is 19.0. The number of rotatable bonds is 8. The highest BCUT2D eigenvalue weighted by Gasteiger charge is 2.14. The fraction of sp³-hybridized carbons (Fsp3) is 0.308. The van der Waals surface area contributed by atoms with E-state index < -0.39 is 0 Å². The number of halogens is 2. The summed E-state index contributed by atoms with van der Waals surface area (Å²) >= 11 is 6.57. The van der Waals surface area contributed by atoms with Crippen LogP contribution in [-0.4, -0.2) is 20.2 Å². The quantitative estimate of drug-likeness (QED) is 0.412. The van der Waals surface area contributed by atoms with Crippen LogP contribution in [0.1, 0.15) is 30.4 Å². The van der Waals surface area contributed by atoms with Gasteiger partial charge in [-0.2, -0.15) is 0 Å². The van der Waals surface area contributed by atoms with Crippen molar-refractivity contribution in [2.45, 2.75) is 32.4 Å². The minimum atomic E-state index is -0.259. The number of benzene rings is 3. The van der Waals surface area contributed by atoms with E-state index in [0.717, 1.165) is 40.6 Å². The van der Waals surface area contributed by atoms with Gasteiger partial charge in [-0.15, -0.1) is 0 Å². The first kappa shape index (κ1) is 22.3. The molecule has 6 heteroatoms. The molecule has 1 N–H and O–H groups in total. The Morgan fingerprint density at radius 3 is 2.38 bits per heavy atom. The largest absolute Gasteiger partial charge is 0.493 e. The second-order valence-corrected chi connectivity index (χ2v) is 8.38. The SMILES string of the molecule is COc1cc(CNc2ccc(N3CCCCC3)c(Cl)c2)ccc1OCc1ccc(F)cc1. The number of hydrogen-bond acceptors (Lipinski definition) is 4. The fourth-order valence-corrected chi connectivity index (χ4v) is 4.20. The second-order valence-electron chi connectivity index (χ2n) is 7.97. The summed E-state index contributed by atoms with van der Waals surface area (Å²) in [6.07, 6.45) is 3.75. The third kappa shape index (κ3) is 5.65. The second kappa shape index (κ2) is 10.6. The van der Waals surface area contributed by atoms with Gasteiger partial charge in [-0.05, 0) is 72.9 Å². The van der Waals surface area contributed by atoms with Crippen molar-refractivity contribution in [3.05, 3.63) is 82.6 Å². The molecule has 1 heterocycles. The minimum Gasteiger partial charge on any atom is -0.493 e. The van der Waals surface area contributed by atoms with Crippen molar-refractivity contribution in [2.75, 3.05) is 30.4 Å². The van der Waals surface area contributed by atoms with Gasteiger partial charge in [0.2, 0.25) is 0 Å². The summed E-state index contributed by atoms with van der Waals surface area (Å²) in [5.74, 6) is 1.05. The van der Waals surface area contributed by atoms with Crippen molar-refractivity contribution < 1.29 is 13.9 Å². The fourth-order valence-electron chi connectivity index (χ4n) is 3.90.